The topological polar surface area (TPSA) is 92.4 Å². The number of benzene rings is 1. The van der Waals surface area contributed by atoms with Crippen LogP contribution in [0.1, 0.15) is 30.9 Å². The van der Waals surface area contributed by atoms with E-state index in [9.17, 15) is 14.7 Å². The Kier molecular flexibility index (Phi) is 4.62. The van der Waals surface area contributed by atoms with Crippen LogP contribution in [0.3, 0.4) is 0 Å². The molecule has 4 N–H and O–H groups in total. The number of rotatable bonds is 6. The van der Waals surface area contributed by atoms with E-state index >= 15 is 0 Å². The molecule has 0 saturated heterocycles. The number of carbonyl (C=O) groups excluding carboxylic acids is 1. The summed E-state index contributed by atoms with van der Waals surface area (Å²) >= 11 is 5.97. The summed E-state index contributed by atoms with van der Waals surface area (Å²) in [5.74, 6) is -1.12. The number of hydrogen-bond donors (Lipinski definition) is 3. The molecule has 0 aromatic heterocycles. The summed E-state index contributed by atoms with van der Waals surface area (Å²) in [6.07, 6.45) is 2.22. The Morgan fingerprint density at radius 2 is 2.05 bits per heavy atom. The van der Waals surface area contributed by atoms with Crippen LogP contribution in [-0.2, 0) is 9.59 Å². The van der Waals surface area contributed by atoms with Crippen LogP contribution in [0.15, 0.2) is 24.3 Å². The van der Waals surface area contributed by atoms with Gasteiger partial charge in [0.1, 0.15) is 0 Å². The minimum Gasteiger partial charge on any atom is -0.479 e. The van der Waals surface area contributed by atoms with E-state index < -0.39 is 12.0 Å². The molecule has 5 nitrogen and oxygen atoms in total. The predicted molar refractivity (Wildman–Crippen MR) is 75.3 cm³/mol. The van der Waals surface area contributed by atoms with Crippen molar-refractivity contribution in [1.29, 1.82) is 0 Å². The van der Waals surface area contributed by atoms with Crippen molar-refractivity contribution in [1.82, 2.24) is 5.32 Å². The lowest BCUT2D eigenvalue weighted by Crippen LogP contribution is -2.38. The van der Waals surface area contributed by atoms with Crippen LogP contribution in [0.5, 0.6) is 0 Å². The lowest BCUT2D eigenvalue weighted by Gasteiger charge is -2.17. The van der Waals surface area contributed by atoms with E-state index in [1.807, 2.05) is 0 Å². The van der Waals surface area contributed by atoms with E-state index in [-0.39, 0.29) is 18.4 Å². The molecule has 6 heteroatoms. The first-order valence-corrected chi connectivity index (χ1v) is 6.89. The Hall–Kier alpha value is -1.59. The van der Waals surface area contributed by atoms with E-state index in [2.05, 4.69) is 5.32 Å². The van der Waals surface area contributed by atoms with Gasteiger partial charge in [-0.15, -0.1) is 0 Å². The number of carboxylic acid groups (broad SMARTS) is 1. The van der Waals surface area contributed by atoms with Gasteiger partial charge in [0.25, 0.3) is 0 Å². The van der Waals surface area contributed by atoms with E-state index in [1.54, 1.807) is 24.3 Å². The first-order valence-electron chi connectivity index (χ1n) is 6.51. The van der Waals surface area contributed by atoms with Crippen molar-refractivity contribution in [3.8, 4) is 0 Å². The standard InChI is InChI=1S/C14H17ClN2O3/c15-10-4-2-1-3-9(10)13(14(19)20)17-12(18)7-11(16)8-5-6-8/h1-4,8,11,13H,5-7,16H2,(H,17,18)(H,19,20)/t11?,13-/m1/s1. The second-order valence-electron chi connectivity index (χ2n) is 5.07. The fourth-order valence-corrected chi connectivity index (χ4v) is 2.35. The number of nitrogens with one attached hydrogen (secondary N) is 1. The summed E-state index contributed by atoms with van der Waals surface area (Å²) < 4.78 is 0. The maximum Gasteiger partial charge on any atom is 0.330 e. The van der Waals surface area contributed by atoms with Crippen molar-refractivity contribution in [2.75, 3.05) is 0 Å². The number of carboxylic acids is 1. The van der Waals surface area contributed by atoms with Crippen LogP contribution in [0, 0.1) is 5.92 Å². The van der Waals surface area contributed by atoms with Crippen LogP contribution < -0.4 is 11.1 Å². The summed E-state index contributed by atoms with van der Waals surface area (Å²) in [5.41, 5.74) is 6.24. The minimum absolute atomic E-state index is 0.138. The number of amides is 1. The molecule has 1 aromatic carbocycles. The van der Waals surface area contributed by atoms with Gasteiger partial charge in [-0.2, -0.15) is 0 Å². The molecule has 1 aliphatic carbocycles. The molecule has 1 aliphatic rings. The van der Waals surface area contributed by atoms with Gasteiger partial charge in [-0.05, 0) is 24.8 Å². The molecule has 1 fully saturated rings. The summed E-state index contributed by atoms with van der Waals surface area (Å²) in [4.78, 5) is 23.2. The van der Waals surface area contributed by atoms with Crippen LogP contribution in [0.2, 0.25) is 5.02 Å². The molecule has 2 atom stereocenters. The first-order chi connectivity index (χ1) is 9.49. The molecule has 0 bridgehead atoms. The number of hydrogen-bond acceptors (Lipinski definition) is 3. The van der Waals surface area contributed by atoms with E-state index in [4.69, 9.17) is 17.3 Å². The summed E-state index contributed by atoms with van der Waals surface area (Å²) in [6.45, 7) is 0. The van der Waals surface area contributed by atoms with Gasteiger partial charge in [-0.1, -0.05) is 29.8 Å². The zero-order chi connectivity index (χ0) is 14.7. The monoisotopic (exact) mass is 296 g/mol. The average molecular weight is 297 g/mol. The highest BCUT2D eigenvalue weighted by atomic mass is 35.5. The van der Waals surface area contributed by atoms with Gasteiger partial charge in [0.2, 0.25) is 5.91 Å². The van der Waals surface area contributed by atoms with Gasteiger partial charge in [0.05, 0.1) is 0 Å². The summed E-state index contributed by atoms with van der Waals surface area (Å²) in [5, 5.41) is 12.0. The quantitative estimate of drug-likeness (QED) is 0.745. The smallest absolute Gasteiger partial charge is 0.330 e. The predicted octanol–water partition coefficient (Wildman–Crippen LogP) is 1.71. The molecular formula is C14H17ClN2O3. The van der Waals surface area contributed by atoms with Crippen LogP contribution in [0.4, 0.5) is 0 Å². The number of nitrogens with two attached hydrogens (primary N) is 1. The molecule has 0 heterocycles. The molecule has 20 heavy (non-hydrogen) atoms. The minimum atomic E-state index is -1.15. The molecule has 0 aliphatic heterocycles. The van der Waals surface area contributed by atoms with Crippen molar-refractivity contribution < 1.29 is 14.7 Å². The second kappa shape index (κ2) is 6.24. The number of carbonyl (C=O) groups is 2. The molecule has 0 radical (unpaired) electrons. The van der Waals surface area contributed by atoms with Gasteiger partial charge >= 0.3 is 5.97 Å². The Morgan fingerprint density at radius 1 is 1.40 bits per heavy atom. The lowest BCUT2D eigenvalue weighted by molar-refractivity contribution is -0.142. The van der Waals surface area contributed by atoms with Crippen molar-refractivity contribution in [3.63, 3.8) is 0 Å². The van der Waals surface area contributed by atoms with Crippen LogP contribution in [0.25, 0.3) is 0 Å². The normalized spacial score (nSPS) is 17.3. The molecule has 1 unspecified atom stereocenters. The number of halogens is 1. The Labute approximate surface area is 122 Å². The van der Waals surface area contributed by atoms with Gasteiger partial charge in [-0.25, -0.2) is 4.79 Å². The molecule has 1 saturated carbocycles. The van der Waals surface area contributed by atoms with Gasteiger partial charge in [-0.3, -0.25) is 4.79 Å². The first kappa shape index (κ1) is 14.8. The molecule has 2 rings (SSSR count). The lowest BCUT2D eigenvalue weighted by atomic mass is 10.1. The van der Waals surface area contributed by atoms with Crippen molar-refractivity contribution in [2.45, 2.75) is 31.3 Å². The third-order valence-corrected chi connectivity index (χ3v) is 3.76. The zero-order valence-corrected chi connectivity index (χ0v) is 11.6. The highest BCUT2D eigenvalue weighted by Gasteiger charge is 2.31. The van der Waals surface area contributed by atoms with Gasteiger partial charge < -0.3 is 16.2 Å². The van der Waals surface area contributed by atoms with Crippen molar-refractivity contribution >= 4 is 23.5 Å². The van der Waals surface area contributed by atoms with Crippen LogP contribution in [-0.4, -0.2) is 23.0 Å². The molecular weight excluding hydrogens is 280 g/mol. The van der Waals surface area contributed by atoms with Gasteiger partial charge in [0, 0.05) is 23.0 Å². The Bertz CT molecular complexity index is 517. The largest absolute Gasteiger partial charge is 0.479 e. The summed E-state index contributed by atoms with van der Waals surface area (Å²) in [6, 6.07) is 5.21. The highest BCUT2D eigenvalue weighted by Crippen LogP contribution is 2.33. The number of aliphatic carboxylic acids is 1. The molecule has 1 aromatic rings. The van der Waals surface area contributed by atoms with E-state index in [0.717, 1.165) is 12.8 Å². The molecule has 0 spiro atoms. The molecule has 108 valence electrons. The third kappa shape index (κ3) is 3.71. The van der Waals surface area contributed by atoms with E-state index in [1.165, 1.54) is 0 Å². The van der Waals surface area contributed by atoms with Crippen molar-refractivity contribution in [3.05, 3.63) is 34.9 Å². The molecule has 1 amide bonds. The maximum absolute atomic E-state index is 11.9. The zero-order valence-electron chi connectivity index (χ0n) is 10.9. The van der Waals surface area contributed by atoms with Gasteiger partial charge in [0.15, 0.2) is 6.04 Å². The fourth-order valence-electron chi connectivity index (χ4n) is 2.11. The fraction of sp³-hybridized carbons (Fsp3) is 0.429. The SMILES string of the molecule is NC(CC(=O)N[C@@H](C(=O)O)c1ccccc1Cl)C1CC1. The average Bonchev–Trinajstić information content (AvgIpc) is 3.21. The van der Waals surface area contributed by atoms with Crippen molar-refractivity contribution in [2.24, 2.45) is 11.7 Å². The van der Waals surface area contributed by atoms with E-state index in [0.29, 0.717) is 16.5 Å². The summed E-state index contributed by atoms with van der Waals surface area (Å²) in [7, 11) is 0. The maximum atomic E-state index is 11.9. The third-order valence-electron chi connectivity index (χ3n) is 3.42. The Morgan fingerprint density at radius 3 is 2.60 bits per heavy atom. The second-order valence-corrected chi connectivity index (χ2v) is 5.47. The highest BCUT2D eigenvalue weighted by molar-refractivity contribution is 6.31. The Balaban J connectivity index is 2.04. The van der Waals surface area contributed by atoms with Crippen LogP contribution >= 0.6 is 11.6 Å².